The molecule has 16 heavy (non-hydrogen) atoms. The molecule has 1 aromatic heterocycles. The van der Waals surface area contributed by atoms with E-state index >= 15 is 0 Å². The molecule has 0 aromatic carbocycles. The van der Waals surface area contributed by atoms with Gasteiger partial charge in [0.1, 0.15) is 0 Å². The largest absolute Gasteiger partial charge is 0.394 e. The predicted octanol–water partition coefficient (Wildman–Crippen LogP) is -1.18. The Morgan fingerprint density at radius 3 is 2.50 bits per heavy atom. The van der Waals surface area contributed by atoms with E-state index in [0.29, 0.717) is 0 Å². The van der Waals surface area contributed by atoms with Crippen LogP contribution in [0.15, 0.2) is 17.3 Å². The molecule has 7 nitrogen and oxygen atoms in total. The van der Waals surface area contributed by atoms with Crippen LogP contribution >= 0.6 is 0 Å². The summed E-state index contributed by atoms with van der Waals surface area (Å²) in [6, 6.07) is 1.29. The van der Waals surface area contributed by atoms with Crippen LogP contribution in [0.3, 0.4) is 0 Å². The van der Waals surface area contributed by atoms with Gasteiger partial charge in [0.2, 0.25) is 0 Å². The van der Waals surface area contributed by atoms with Gasteiger partial charge in [0.25, 0.3) is 10.0 Å². The van der Waals surface area contributed by atoms with E-state index in [1.54, 1.807) is 6.92 Å². The highest BCUT2D eigenvalue weighted by Gasteiger charge is 2.33. The second kappa shape index (κ2) is 4.91. The van der Waals surface area contributed by atoms with Crippen molar-refractivity contribution in [3.8, 4) is 0 Å². The van der Waals surface area contributed by atoms with Crippen LogP contribution < -0.4 is 4.72 Å². The lowest BCUT2D eigenvalue weighted by Gasteiger charge is -2.28. The smallest absolute Gasteiger partial charge is 0.258 e. The number of aromatic amines is 1. The summed E-state index contributed by atoms with van der Waals surface area (Å²) in [7, 11) is -3.80. The van der Waals surface area contributed by atoms with E-state index in [4.69, 9.17) is 10.2 Å². The normalized spacial score (nSPS) is 12.9. The first-order chi connectivity index (χ1) is 7.49. The van der Waals surface area contributed by atoms with Crippen molar-refractivity contribution in [2.75, 3.05) is 13.2 Å². The van der Waals surface area contributed by atoms with Crippen LogP contribution in [0.1, 0.15) is 13.3 Å². The molecular formula is C8H15N3O4S. The fourth-order valence-corrected chi connectivity index (χ4v) is 2.51. The molecule has 0 saturated heterocycles. The van der Waals surface area contributed by atoms with E-state index in [9.17, 15) is 8.42 Å². The van der Waals surface area contributed by atoms with Gasteiger partial charge < -0.3 is 10.2 Å². The topological polar surface area (TPSA) is 115 Å². The van der Waals surface area contributed by atoms with Crippen molar-refractivity contribution in [3.05, 3.63) is 12.3 Å². The Balaban J connectivity index is 2.96. The van der Waals surface area contributed by atoms with Crippen LogP contribution in [0.4, 0.5) is 0 Å². The minimum atomic E-state index is -3.80. The SMILES string of the molecule is CCC(CO)(CO)NS(=O)(=O)c1ccn[nH]1. The van der Waals surface area contributed by atoms with Gasteiger partial charge in [-0.1, -0.05) is 6.92 Å². The second-order valence-electron chi connectivity index (χ2n) is 3.48. The van der Waals surface area contributed by atoms with E-state index in [1.165, 1.54) is 12.3 Å². The maximum atomic E-state index is 11.8. The van der Waals surface area contributed by atoms with Gasteiger partial charge in [-0.3, -0.25) is 5.10 Å². The number of aliphatic hydroxyl groups excluding tert-OH is 2. The first kappa shape index (κ1) is 13.1. The molecule has 0 radical (unpaired) electrons. The van der Waals surface area contributed by atoms with Gasteiger partial charge in [0.15, 0.2) is 5.03 Å². The van der Waals surface area contributed by atoms with Crippen LogP contribution in [-0.4, -0.2) is 47.6 Å². The van der Waals surface area contributed by atoms with Gasteiger partial charge in [0, 0.05) is 0 Å². The fraction of sp³-hybridized carbons (Fsp3) is 0.625. The maximum absolute atomic E-state index is 11.8. The molecule has 0 fully saturated rings. The summed E-state index contributed by atoms with van der Waals surface area (Å²) in [5, 5.41) is 24.0. The highest BCUT2D eigenvalue weighted by atomic mass is 32.2. The second-order valence-corrected chi connectivity index (χ2v) is 5.13. The average molecular weight is 249 g/mol. The van der Waals surface area contributed by atoms with Gasteiger partial charge in [-0.2, -0.15) is 9.82 Å². The van der Waals surface area contributed by atoms with Gasteiger partial charge >= 0.3 is 0 Å². The highest BCUT2D eigenvalue weighted by Crippen LogP contribution is 2.13. The molecule has 1 rings (SSSR count). The molecule has 0 saturated carbocycles. The molecule has 0 aliphatic heterocycles. The van der Waals surface area contributed by atoms with Crippen LogP contribution in [0.25, 0.3) is 0 Å². The van der Waals surface area contributed by atoms with E-state index in [2.05, 4.69) is 14.9 Å². The van der Waals surface area contributed by atoms with E-state index in [-0.39, 0.29) is 11.4 Å². The Hall–Kier alpha value is -0.960. The van der Waals surface area contributed by atoms with E-state index in [0.717, 1.165) is 0 Å². The van der Waals surface area contributed by atoms with Crippen molar-refractivity contribution in [3.63, 3.8) is 0 Å². The third kappa shape index (κ3) is 2.59. The molecule has 0 aliphatic rings. The zero-order chi connectivity index (χ0) is 12.2. The summed E-state index contributed by atoms with van der Waals surface area (Å²) in [6.45, 7) is 0.711. The Kier molecular flexibility index (Phi) is 4.03. The Bertz CT molecular complexity index is 402. The van der Waals surface area contributed by atoms with Crippen molar-refractivity contribution in [2.45, 2.75) is 23.9 Å². The molecule has 8 heteroatoms. The lowest BCUT2D eigenvalue weighted by molar-refractivity contribution is 0.105. The highest BCUT2D eigenvalue weighted by molar-refractivity contribution is 7.89. The number of hydrogen-bond donors (Lipinski definition) is 4. The predicted molar refractivity (Wildman–Crippen MR) is 56.1 cm³/mol. The molecule has 0 atom stereocenters. The summed E-state index contributed by atoms with van der Waals surface area (Å²) in [4.78, 5) is 0. The summed E-state index contributed by atoms with van der Waals surface area (Å²) in [6.07, 6.45) is 1.58. The number of aromatic nitrogens is 2. The number of H-pyrrole nitrogens is 1. The third-order valence-electron chi connectivity index (χ3n) is 2.40. The standard InChI is InChI=1S/C8H15N3O4S/c1-2-8(5-12,6-13)11-16(14,15)7-3-4-9-10-7/h3-4,11-13H,2,5-6H2,1H3,(H,9,10). The molecule has 1 aromatic rings. The molecule has 0 spiro atoms. The molecular weight excluding hydrogens is 234 g/mol. The number of hydrogen-bond acceptors (Lipinski definition) is 5. The zero-order valence-electron chi connectivity index (χ0n) is 8.84. The van der Waals surface area contributed by atoms with Crippen LogP contribution in [-0.2, 0) is 10.0 Å². The first-order valence-electron chi connectivity index (χ1n) is 4.75. The van der Waals surface area contributed by atoms with Crippen LogP contribution in [0, 0.1) is 0 Å². The van der Waals surface area contributed by atoms with E-state index < -0.39 is 28.8 Å². The molecule has 4 N–H and O–H groups in total. The monoisotopic (exact) mass is 249 g/mol. The molecule has 1 heterocycles. The number of rotatable bonds is 6. The van der Waals surface area contributed by atoms with Gasteiger partial charge in [-0.25, -0.2) is 8.42 Å². The number of aliphatic hydroxyl groups is 2. The molecule has 92 valence electrons. The Morgan fingerprint density at radius 1 is 1.50 bits per heavy atom. The van der Waals surface area contributed by atoms with Crippen LogP contribution in [0.5, 0.6) is 0 Å². The van der Waals surface area contributed by atoms with Crippen molar-refractivity contribution in [2.24, 2.45) is 0 Å². The summed E-state index contributed by atoms with van der Waals surface area (Å²) in [5.74, 6) is 0. The average Bonchev–Trinajstić information content (AvgIpc) is 2.80. The lowest BCUT2D eigenvalue weighted by Crippen LogP contribution is -2.53. The number of nitrogens with one attached hydrogen (secondary N) is 2. The molecule has 0 unspecified atom stereocenters. The van der Waals surface area contributed by atoms with Crippen molar-refractivity contribution in [1.82, 2.24) is 14.9 Å². The fourth-order valence-electron chi connectivity index (χ4n) is 1.14. The maximum Gasteiger partial charge on any atom is 0.258 e. The Labute approximate surface area is 93.6 Å². The summed E-state index contributed by atoms with van der Waals surface area (Å²) >= 11 is 0. The quantitative estimate of drug-likeness (QED) is 0.506. The zero-order valence-corrected chi connectivity index (χ0v) is 9.66. The number of nitrogens with zero attached hydrogens (tertiary/aromatic N) is 1. The first-order valence-corrected chi connectivity index (χ1v) is 6.23. The van der Waals surface area contributed by atoms with Crippen molar-refractivity contribution >= 4 is 10.0 Å². The Morgan fingerprint density at radius 2 is 2.12 bits per heavy atom. The third-order valence-corrected chi connectivity index (χ3v) is 3.91. The molecule has 0 aliphatic carbocycles. The van der Waals surface area contributed by atoms with E-state index in [1.807, 2.05) is 0 Å². The van der Waals surface area contributed by atoms with Gasteiger partial charge in [0.05, 0.1) is 24.9 Å². The molecule has 0 amide bonds. The minimum Gasteiger partial charge on any atom is -0.394 e. The minimum absolute atomic E-state index is 0.104. The van der Waals surface area contributed by atoms with Gasteiger partial charge in [-0.15, -0.1) is 0 Å². The number of sulfonamides is 1. The summed E-state index contributed by atoms with van der Waals surface area (Å²) in [5.41, 5.74) is -1.25. The molecule has 0 bridgehead atoms. The van der Waals surface area contributed by atoms with Crippen molar-refractivity contribution < 1.29 is 18.6 Å². The van der Waals surface area contributed by atoms with Gasteiger partial charge in [-0.05, 0) is 12.5 Å². The lowest BCUT2D eigenvalue weighted by atomic mass is 10.0. The van der Waals surface area contributed by atoms with Crippen molar-refractivity contribution in [1.29, 1.82) is 0 Å². The summed E-state index contributed by atoms with van der Waals surface area (Å²) < 4.78 is 25.8. The van der Waals surface area contributed by atoms with Crippen LogP contribution in [0.2, 0.25) is 0 Å².